The summed E-state index contributed by atoms with van der Waals surface area (Å²) in [5.74, 6) is -0.0252. The molecular formula is C11H14N4OS. The first-order valence-electron chi connectivity index (χ1n) is 5.65. The lowest BCUT2D eigenvalue weighted by Gasteiger charge is -2.03. The summed E-state index contributed by atoms with van der Waals surface area (Å²) in [5.41, 5.74) is 1.39. The Hall–Kier alpha value is -1.56. The van der Waals surface area contributed by atoms with Crippen molar-refractivity contribution in [3.05, 3.63) is 28.5 Å². The Balaban J connectivity index is 2.34. The molecule has 17 heavy (non-hydrogen) atoms. The molecule has 90 valence electrons. The second kappa shape index (κ2) is 5.18. The van der Waals surface area contributed by atoms with Gasteiger partial charge in [0.15, 0.2) is 0 Å². The lowest BCUT2D eigenvalue weighted by atomic mass is 10.2. The zero-order chi connectivity index (χ0) is 12.3. The van der Waals surface area contributed by atoms with E-state index in [2.05, 4.69) is 21.6 Å². The topological polar surface area (TPSA) is 60.7 Å². The molecule has 0 aliphatic heterocycles. The largest absolute Gasteiger partial charge is 0.286 e. The quantitative estimate of drug-likeness (QED) is 0.761. The van der Waals surface area contributed by atoms with Crippen LogP contribution in [0.1, 0.15) is 41.3 Å². The summed E-state index contributed by atoms with van der Waals surface area (Å²) in [6.45, 7) is 4.78. The van der Waals surface area contributed by atoms with Crippen molar-refractivity contribution in [1.82, 2.24) is 19.4 Å². The Morgan fingerprint density at radius 1 is 1.47 bits per heavy atom. The van der Waals surface area contributed by atoms with Gasteiger partial charge in [-0.15, -0.1) is 5.10 Å². The molecule has 0 aromatic carbocycles. The van der Waals surface area contributed by atoms with E-state index < -0.39 is 0 Å². The van der Waals surface area contributed by atoms with Crippen LogP contribution < -0.4 is 0 Å². The molecule has 0 spiro atoms. The molecule has 0 amide bonds. The van der Waals surface area contributed by atoms with E-state index in [1.807, 2.05) is 6.92 Å². The SMILES string of the molecule is CCCn1nccc1C(=O)c1snnc1CC. The van der Waals surface area contributed by atoms with Gasteiger partial charge in [0.1, 0.15) is 10.6 Å². The van der Waals surface area contributed by atoms with Crippen molar-refractivity contribution in [3.63, 3.8) is 0 Å². The van der Waals surface area contributed by atoms with Gasteiger partial charge >= 0.3 is 0 Å². The molecule has 0 bridgehead atoms. The fourth-order valence-corrected chi connectivity index (χ4v) is 2.34. The summed E-state index contributed by atoms with van der Waals surface area (Å²) in [6, 6.07) is 1.75. The summed E-state index contributed by atoms with van der Waals surface area (Å²) in [6.07, 6.45) is 3.33. The third-order valence-corrected chi connectivity index (χ3v) is 3.25. The van der Waals surface area contributed by atoms with Gasteiger partial charge in [0.25, 0.3) is 0 Å². The fourth-order valence-electron chi connectivity index (χ4n) is 1.64. The molecule has 2 aromatic rings. The van der Waals surface area contributed by atoms with Crippen molar-refractivity contribution in [2.75, 3.05) is 0 Å². The van der Waals surface area contributed by atoms with Crippen molar-refractivity contribution < 1.29 is 4.79 Å². The summed E-state index contributed by atoms with van der Waals surface area (Å²) in [4.78, 5) is 12.9. The Kier molecular flexibility index (Phi) is 3.63. The summed E-state index contributed by atoms with van der Waals surface area (Å²) >= 11 is 1.16. The Morgan fingerprint density at radius 2 is 2.29 bits per heavy atom. The zero-order valence-electron chi connectivity index (χ0n) is 9.88. The highest BCUT2D eigenvalue weighted by molar-refractivity contribution is 7.08. The van der Waals surface area contributed by atoms with Gasteiger partial charge in [-0.2, -0.15) is 5.10 Å². The summed E-state index contributed by atoms with van der Waals surface area (Å²) in [7, 11) is 0. The number of hydrogen-bond donors (Lipinski definition) is 0. The van der Waals surface area contributed by atoms with Crippen molar-refractivity contribution in [3.8, 4) is 0 Å². The van der Waals surface area contributed by atoms with Gasteiger partial charge in [0.2, 0.25) is 5.78 Å². The zero-order valence-corrected chi connectivity index (χ0v) is 10.7. The van der Waals surface area contributed by atoms with Gasteiger partial charge in [0, 0.05) is 12.7 Å². The maximum Gasteiger partial charge on any atom is 0.224 e. The van der Waals surface area contributed by atoms with Crippen LogP contribution in [0.2, 0.25) is 0 Å². The minimum absolute atomic E-state index is 0.0252. The van der Waals surface area contributed by atoms with E-state index in [0.29, 0.717) is 10.6 Å². The van der Waals surface area contributed by atoms with Gasteiger partial charge < -0.3 is 0 Å². The predicted octanol–water partition coefficient (Wildman–Crippen LogP) is 1.94. The maximum atomic E-state index is 12.3. The van der Waals surface area contributed by atoms with E-state index >= 15 is 0 Å². The van der Waals surface area contributed by atoms with Gasteiger partial charge in [-0.3, -0.25) is 9.48 Å². The number of nitrogens with zero attached hydrogens (tertiary/aromatic N) is 4. The van der Waals surface area contributed by atoms with Crippen molar-refractivity contribution in [1.29, 1.82) is 0 Å². The highest BCUT2D eigenvalue weighted by Crippen LogP contribution is 2.16. The number of carbonyl (C=O) groups is 1. The third-order valence-electron chi connectivity index (χ3n) is 2.48. The molecule has 2 aromatic heterocycles. The lowest BCUT2D eigenvalue weighted by Crippen LogP contribution is -2.11. The number of ketones is 1. The van der Waals surface area contributed by atoms with Crippen LogP contribution in [-0.4, -0.2) is 25.2 Å². The van der Waals surface area contributed by atoms with Crippen molar-refractivity contribution >= 4 is 17.3 Å². The van der Waals surface area contributed by atoms with Gasteiger partial charge in [-0.05, 0) is 30.4 Å². The van der Waals surface area contributed by atoms with Crippen LogP contribution in [-0.2, 0) is 13.0 Å². The summed E-state index contributed by atoms with van der Waals surface area (Å²) < 4.78 is 5.58. The number of carbonyl (C=O) groups excluding carboxylic acids is 1. The smallest absolute Gasteiger partial charge is 0.224 e. The number of rotatable bonds is 5. The standard InChI is InChI=1S/C11H14N4OS/c1-3-7-15-9(5-6-12-15)10(16)11-8(4-2)13-14-17-11/h5-6H,3-4,7H2,1-2H3. The highest BCUT2D eigenvalue weighted by atomic mass is 32.1. The molecule has 0 fully saturated rings. The molecule has 0 aliphatic carbocycles. The number of aryl methyl sites for hydroxylation is 2. The lowest BCUT2D eigenvalue weighted by molar-refractivity contribution is 0.103. The van der Waals surface area contributed by atoms with Crippen LogP contribution in [0.4, 0.5) is 0 Å². The van der Waals surface area contributed by atoms with Gasteiger partial charge in [-0.25, -0.2) is 0 Å². The first kappa shape index (κ1) is 11.9. The Labute approximate surface area is 104 Å². The van der Waals surface area contributed by atoms with Crippen LogP contribution in [0.5, 0.6) is 0 Å². The van der Waals surface area contributed by atoms with E-state index in [4.69, 9.17) is 0 Å². The molecule has 0 saturated heterocycles. The normalized spacial score (nSPS) is 10.7. The second-order valence-corrected chi connectivity index (χ2v) is 4.43. The Morgan fingerprint density at radius 3 is 3.00 bits per heavy atom. The molecule has 6 heteroatoms. The van der Waals surface area contributed by atoms with Crippen LogP contribution >= 0.6 is 11.5 Å². The first-order valence-corrected chi connectivity index (χ1v) is 6.43. The predicted molar refractivity (Wildman–Crippen MR) is 65.2 cm³/mol. The summed E-state index contributed by atoms with van der Waals surface area (Å²) in [5, 5.41) is 8.11. The molecule has 2 heterocycles. The molecule has 0 aliphatic rings. The average molecular weight is 250 g/mol. The van der Waals surface area contributed by atoms with Crippen LogP contribution in [0.3, 0.4) is 0 Å². The van der Waals surface area contributed by atoms with Gasteiger partial charge in [-0.1, -0.05) is 18.3 Å². The van der Waals surface area contributed by atoms with Gasteiger partial charge in [0.05, 0.1) is 5.69 Å². The van der Waals surface area contributed by atoms with E-state index in [9.17, 15) is 4.79 Å². The van der Waals surface area contributed by atoms with E-state index in [1.54, 1.807) is 16.9 Å². The molecule has 0 atom stereocenters. The van der Waals surface area contributed by atoms with E-state index in [-0.39, 0.29) is 5.78 Å². The minimum atomic E-state index is -0.0252. The third kappa shape index (κ3) is 2.26. The fraction of sp³-hybridized carbons (Fsp3) is 0.455. The molecule has 2 rings (SSSR count). The van der Waals surface area contributed by atoms with Crippen LogP contribution in [0.25, 0.3) is 0 Å². The monoisotopic (exact) mass is 250 g/mol. The highest BCUT2D eigenvalue weighted by Gasteiger charge is 2.20. The average Bonchev–Trinajstić information content (AvgIpc) is 2.96. The number of hydrogen-bond acceptors (Lipinski definition) is 5. The van der Waals surface area contributed by atoms with Crippen molar-refractivity contribution in [2.24, 2.45) is 0 Å². The minimum Gasteiger partial charge on any atom is -0.286 e. The molecule has 0 N–H and O–H groups in total. The molecule has 5 nitrogen and oxygen atoms in total. The van der Waals surface area contributed by atoms with Crippen molar-refractivity contribution in [2.45, 2.75) is 33.2 Å². The molecule has 0 unspecified atom stereocenters. The second-order valence-electron chi connectivity index (χ2n) is 3.67. The van der Waals surface area contributed by atoms with Crippen LogP contribution in [0, 0.1) is 0 Å². The first-order chi connectivity index (χ1) is 8.27. The Bertz CT molecular complexity index is 517. The molecular weight excluding hydrogens is 236 g/mol. The molecule has 0 radical (unpaired) electrons. The van der Waals surface area contributed by atoms with E-state index in [0.717, 1.165) is 36.6 Å². The maximum absolute atomic E-state index is 12.3. The van der Waals surface area contributed by atoms with Crippen LogP contribution in [0.15, 0.2) is 12.3 Å². The molecule has 0 saturated carbocycles. The number of aromatic nitrogens is 4. The van der Waals surface area contributed by atoms with E-state index in [1.165, 1.54) is 0 Å².